The van der Waals surface area contributed by atoms with Crippen LogP contribution in [0.2, 0.25) is 0 Å². The molecule has 0 saturated carbocycles. The van der Waals surface area contributed by atoms with E-state index in [0.29, 0.717) is 18.0 Å². The number of aromatic amines is 1. The van der Waals surface area contributed by atoms with Crippen LogP contribution in [0.4, 0.5) is 0 Å². The second kappa shape index (κ2) is 5.81. The lowest BCUT2D eigenvalue weighted by Gasteiger charge is -2.14. The molecule has 1 unspecified atom stereocenters. The Bertz CT molecular complexity index is 746. The summed E-state index contributed by atoms with van der Waals surface area (Å²) in [6.07, 6.45) is 1.02. The van der Waals surface area contributed by atoms with E-state index in [2.05, 4.69) is 4.98 Å². The lowest BCUT2D eigenvalue weighted by Crippen LogP contribution is -2.32. The number of hydrogen-bond acceptors (Lipinski definition) is 4. The van der Waals surface area contributed by atoms with Crippen molar-refractivity contribution in [3.63, 3.8) is 0 Å². The molecule has 2 N–H and O–H groups in total. The van der Waals surface area contributed by atoms with Crippen molar-refractivity contribution >= 4 is 11.8 Å². The first-order valence-corrected chi connectivity index (χ1v) is 8.01. The van der Waals surface area contributed by atoms with Gasteiger partial charge in [-0.1, -0.05) is 30.3 Å². The fourth-order valence-electron chi connectivity index (χ4n) is 2.58. The van der Waals surface area contributed by atoms with E-state index in [1.807, 2.05) is 17.8 Å². The number of rotatable bonds is 3. The Morgan fingerprint density at radius 3 is 2.71 bits per heavy atom. The zero-order valence-corrected chi connectivity index (χ0v) is 12.2. The van der Waals surface area contributed by atoms with Crippen LogP contribution in [-0.2, 0) is 6.54 Å². The van der Waals surface area contributed by atoms with Gasteiger partial charge in [-0.3, -0.25) is 14.3 Å². The predicted octanol–water partition coefficient (Wildman–Crippen LogP) is 1.66. The largest absolute Gasteiger partial charge is 0.494 e. The van der Waals surface area contributed by atoms with Crippen LogP contribution in [0.15, 0.2) is 39.9 Å². The molecule has 1 aromatic carbocycles. The van der Waals surface area contributed by atoms with Crippen molar-refractivity contribution in [2.45, 2.75) is 13.0 Å². The van der Waals surface area contributed by atoms with Crippen molar-refractivity contribution in [3.05, 3.63) is 51.2 Å². The zero-order chi connectivity index (χ0) is 14.8. The molecule has 3 rings (SSSR count). The number of nitrogens with zero attached hydrogens (tertiary/aromatic N) is 1. The maximum absolute atomic E-state index is 12.0. The molecule has 1 aliphatic rings. The summed E-state index contributed by atoms with van der Waals surface area (Å²) >= 11 is 1.85. The average Bonchev–Trinajstić information content (AvgIpc) is 2.97. The summed E-state index contributed by atoms with van der Waals surface area (Å²) in [6, 6.07) is 8.89. The molecule has 0 amide bonds. The maximum Gasteiger partial charge on any atom is 0.331 e. The quantitative estimate of drug-likeness (QED) is 0.904. The lowest BCUT2D eigenvalue weighted by molar-refractivity contribution is 0.372. The Morgan fingerprint density at radius 1 is 1.29 bits per heavy atom. The second-order valence-electron chi connectivity index (χ2n) is 5.16. The van der Waals surface area contributed by atoms with Gasteiger partial charge in [-0.2, -0.15) is 11.8 Å². The minimum Gasteiger partial charge on any atom is -0.494 e. The molecule has 0 bridgehead atoms. The third-order valence-corrected chi connectivity index (χ3v) is 4.93. The molecule has 110 valence electrons. The van der Waals surface area contributed by atoms with Crippen LogP contribution in [0.5, 0.6) is 5.88 Å². The summed E-state index contributed by atoms with van der Waals surface area (Å²) in [5.41, 5.74) is -0.346. The van der Waals surface area contributed by atoms with Gasteiger partial charge in [0.2, 0.25) is 5.88 Å². The fourth-order valence-corrected chi connectivity index (χ4v) is 3.85. The summed E-state index contributed by atoms with van der Waals surface area (Å²) in [4.78, 5) is 26.3. The Morgan fingerprint density at radius 2 is 2.05 bits per heavy atom. The van der Waals surface area contributed by atoms with Crippen LogP contribution in [0.25, 0.3) is 11.1 Å². The third-order valence-electron chi connectivity index (χ3n) is 3.70. The monoisotopic (exact) mass is 304 g/mol. The topological polar surface area (TPSA) is 75.1 Å². The van der Waals surface area contributed by atoms with Crippen molar-refractivity contribution in [3.8, 4) is 17.0 Å². The molecule has 1 saturated heterocycles. The Kier molecular flexibility index (Phi) is 3.88. The number of hydrogen-bond donors (Lipinski definition) is 2. The van der Waals surface area contributed by atoms with Gasteiger partial charge in [0, 0.05) is 6.54 Å². The van der Waals surface area contributed by atoms with Gasteiger partial charge < -0.3 is 5.11 Å². The van der Waals surface area contributed by atoms with Crippen LogP contribution < -0.4 is 11.2 Å². The van der Waals surface area contributed by atoms with E-state index in [9.17, 15) is 14.7 Å². The maximum atomic E-state index is 12.0. The van der Waals surface area contributed by atoms with Crippen molar-refractivity contribution in [1.82, 2.24) is 9.55 Å². The molecule has 5 nitrogen and oxygen atoms in total. The van der Waals surface area contributed by atoms with E-state index in [1.54, 1.807) is 24.3 Å². The molecule has 2 heterocycles. The van der Waals surface area contributed by atoms with Crippen molar-refractivity contribution in [2.75, 3.05) is 11.5 Å². The van der Waals surface area contributed by atoms with Gasteiger partial charge in [0.25, 0.3) is 5.56 Å². The van der Waals surface area contributed by atoms with E-state index < -0.39 is 11.2 Å². The van der Waals surface area contributed by atoms with Crippen LogP contribution in [-0.4, -0.2) is 26.2 Å². The zero-order valence-electron chi connectivity index (χ0n) is 11.4. The summed E-state index contributed by atoms with van der Waals surface area (Å²) in [5, 5.41) is 10.4. The van der Waals surface area contributed by atoms with Gasteiger partial charge in [-0.05, 0) is 29.4 Å². The highest BCUT2D eigenvalue weighted by Crippen LogP contribution is 2.28. The van der Waals surface area contributed by atoms with Crippen LogP contribution >= 0.6 is 11.8 Å². The number of nitrogens with one attached hydrogen (secondary N) is 1. The standard InChI is InChI=1S/C15H16N2O3S/c18-13-12(11-4-2-1-3-5-11)14(19)17(15(20)16-13)8-10-6-7-21-9-10/h1-5,10,19H,6-9H2,(H,16,18,20). The highest BCUT2D eigenvalue weighted by atomic mass is 32.2. The number of aromatic hydroxyl groups is 1. The second-order valence-corrected chi connectivity index (χ2v) is 6.31. The minimum absolute atomic E-state index is 0.154. The normalized spacial score (nSPS) is 18.0. The number of benzene rings is 1. The van der Waals surface area contributed by atoms with Gasteiger partial charge in [-0.15, -0.1) is 0 Å². The third kappa shape index (κ3) is 2.76. The molecular formula is C15H16N2O3S. The molecule has 0 aliphatic carbocycles. The van der Waals surface area contributed by atoms with Gasteiger partial charge in [0.05, 0.1) is 0 Å². The molecule has 1 aliphatic heterocycles. The number of aromatic nitrogens is 2. The van der Waals surface area contributed by atoms with Crippen molar-refractivity contribution in [1.29, 1.82) is 0 Å². The first-order chi connectivity index (χ1) is 10.2. The summed E-state index contributed by atoms with van der Waals surface area (Å²) in [6.45, 7) is 0.439. The van der Waals surface area contributed by atoms with Crippen molar-refractivity contribution in [2.24, 2.45) is 5.92 Å². The minimum atomic E-state index is -0.555. The van der Waals surface area contributed by atoms with Crippen molar-refractivity contribution < 1.29 is 5.11 Å². The number of thioether (sulfide) groups is 1. The van der Waals surface area contributed by atoms with E-state index in [4.69, 9.17) is 0 Å². The van der Waals surface area contributed by atoms with E-state index in [0.717, 1.165) is 17.9 Å². The molecule has 6 heteroatoms. The SMILES string of the molecule is O=c1[nH]c(=O)n(CC2CCSC2)c(O)c1-c1ccccc1. The molecule has 1 aromatic heterocycles. The molecule has 1 atom stereocenters. The molecule has 2 aromatic rings. The van der Waals surface area contributed by atoms with E-state index in [1.165, 1.54) is 4.57 Å². The Labute approximate surface area is 125 Å². The molecular weight excluding hydrogens is 288 g/mol. The molecule has 0 radical (unpaired) electrons. The highest BCUT2D eigenvalue weighted by molar-refractivity contribution is 7.99. The fraction of sp³-hybridized carbons (Fsp3) is 0.333. The first kappa shape index (κ1) is 14.0. The van der Waals surface area contributed by atoms with E-state index in [-0.39, 0.29) is 11.4 Å². The Balaban J connectivity index is 2.09. The van der Waals surface area contributed by atoms with Crippen LogP contribution in [0.1, 0.15) is 6.42 Å². The predicted molar refractivity (Wildman–Crippen MR) is 83.9 cm³/mol. The Hall–Kier alpha value is -1.95. The summed E-state index contributed by atoms with van der Waals surface area (Å²) in [5.74, 6) is 2.17. The van der Waals surface area contributed by atoms with Gasteiger partial charge in [-0.25, -0.2) is 4.79 Å². The average molecular weight is 304 g/mol. The van der Waals surface area contributed by atoms with E-state index >= 15 is 0 Å². The smallest absolute Gasteiger partial charge is 0.331 e. The molecule has 1 fully saturated rings. The summed E-state index contributed by atoms with van der Waals surface area (Å²) in [7, 11) is 0. The lowest BCUT2D eigenvalue weighted by atomic mass is 10.1. The highest BCUT2D eigenvalue weighted by Gasteiger charge is 2.21. The van der Waals surface area contributed by atoms with Crippen LogP contribution in [0.3, 0.4) is 0 Å². The molecule has 21 heavy (non-hydrogen) atoms. The van der Waals surface area contributed by atoms with Gasteiger partial charge >= 0.3 is 5.69 Å². The van der Waals surface area contributed by atoms with Gasteiger partial charge in [0.1, 0.15) is 5.56 Å². The van der Waals surface area contributed by atoms with Gasteiger partial charge in [0.15, 0.2) is 0 Å². The first-order valence-electron chi connectivity index (χ1n) is 6.86. The molecule has 0 spiro atoms. The number of H-pyrrole nitrogens is 1. The van der Waals surface area contributed by atoms with Crippen LogP contribution in [0, 0.1) is 5.92 Å². The summed E-state index contributed by atoms with van der Waals surface area (Å²) < 4.78 is 1.28.